The summed E-state index contributed by atoms with van der Waals surface area (Å²) < 4.78 is 0. The molecule has 0 aromatic heterocycles. The third kappa shape index (κ3) is 4.90. The number of nitrogens with one attached hydrogen (secondary N) is 1. The Hall–Kier alpha value is -2.97. The summed E-state index contributed by atoms with van der Waals surface area (Å²) in [6, 6.07) is 9.74. The number of carbonyl (C=O) groups is 2. The van der Waals surface area contributed by atoms with Gasteiger partial charge in [-0.1, -0.05) is 11.6 Å². The molecule has 0 radical (unpaired) electrons. The maximum atomic E-state index is 12.4. The van der Waals surface area contributed by atoms with E-state index in [-0.39, 0.29) is 24.0 Å². The zero-order valence-electron chi connectivity index (χ0n) is 16.1. The van der Waals surface area contributed by atoms with Crippen LogP contribution in [0.2, 0.25) is 5.02 Å². The molecule has 0 atom stereocenters. The van der Waals surface area contributed by atoms with Crippen molar-refractivity contribution in [3.05, 3.63) is 62.7 Å². The number of non-ortho nitro benzene ring substituents is 1. The Morgan fingerprint density at radius 2 is 2.03 bits per heavy atom. The summed E-state index contributed by atoms with van der Waals surface area (Å²) in [5.74, 6) is -0.211. The number of hydrogen-bond acceptors (Lipinski definition) is 5. The topological polar surface area (TPSA) is 95.8 Å². The number of anilines is 2. The van der Waals surface area contributed by atoms with E-state index in [1.165, 1.54) is 25.1 Å². The molecular formula is C20H21ClN4O4. The van der Waals surface area contributed by atoms with Crippen molar-refractivity contribution < 1.29 is 14.5 Å². The summed E-state index contributed by atoms with van der Waals surface area (Å²) in [5, 5.41) is 14.2. The minimum atomic E-state index is -0.479. The predicted octanol–water partition coefficient (Wildman–Crippen LogP) is 3.23. The molecule has 0 saturated carbocycles. The molecule has 2 aromatic carbocycles. The second kappa shape index (κ2) is 8.59. The van der Waals surface area contributed by atoms with Crippen molar-refractivity contribution in [3.8, 4) is 0 Å². The fraction of sp³-hybridized carbons (Fsp3) is 0.300. The predicted molar refractivity (Wildman–Crippen MR) is 111 cm³/mol. The lowest BCUT2D eigenvalue weighted by Crippen LogP contribution is -2.30. The van der Waals surface area contributed by atoms with Gasteiger partial charge in [-0.05, 0) is 48.9 Å². The fourth-order valence-corrected chi connectivity index (χ4v) is 3.57. The minimum absolute atomic E-state index is 0.00182. The highest BCUT2D eigenvalue weighted by atomic mass is 35.5. The molecule has 2 amide bonds. The van der Waals surface area contributed by atoms with Crippen LogP contribution < -0.4 is 10.2 Å². The third-order valence-electron chi connectivity index (χ3n) is 4.73. The maximum Gasteiger partial charge on any atom is 0.269 e. The molecular weight excluding hydrogens is 396 g/mol. The van der Waals surface area contributed by atoms with Gasteiger partial charge >= 0.3 is 0 Å². The molecule has 1 aliphatic rings. The van der Waals surface area contributed by atoms with Crippen LogP contribution in [-0.2, 0) is 22.6 Å². The zero-order valence-corrected chi connectivity index (χ0v) is 16.9. The van der Waals surface area contributed by atoms with Crippen molar-refractivity contribution in [2.45, 2.75) is 19.9 Å². The quantitative estimate of drug-likeness (QED) is 0.576. The molecule has 29 heavy (non-hydrogen) atoms. The van der Waals surface area contributed by atoms with Gasteiger partial charge in [0.25, 0.3) is 5.69 Å². The van der Waals surface area contributed by atoms with Crippen LogP contribution in [0.1, 0.15) is 18.1 Å². The Labute approximate surface area is 173 Å². The second-order valence-corrected chi connectivity index (χ2v) is 7.42. The summed E-state index contributed by atoms with van der Waals surface area (Å²) in [5.41, 5.74) is 3.11. The lowest BCUT2D eigenvalue weighted by molar-refractivity contribution is -0.384. The van der Waals surface area contributed by atoms with E-state index < -0.39 is 4.92 Å². The summed E-state index contributed by atoms with van der Waals surface area (Å²) in [6.07, 6.45) is 0.754. The van der Waals surface area contributed by atoms with Gasteiger partial charge in [-0.25, -0.2) is 0 Å². The van der Waals surface area contributed by atoms with Crippen LogP contribution in [-0.4, -0.2) is 41.8 Å². The number of amides is 2. The third-order valence-corrected chi connectivity index (χ3v) is 5.10. The van der Waals surface area contributed by atoms with Gasteiger partial charge < -0.3 is 10.2 Å². The first kappa shape index (κ1) is 20.8. The van der Waals surface area contributed by atoms with Crippen molar-refractivity contribution in [2.75, 3.05) is 30.4 Å². The van der Waals surface area contributed by atoms with E-state index in [1.807, 2.05) is 12.1 Å². The highest BCUT2D eigenvalue weighted by molar-refractivity contribution is 6.31. The molecule has 1 aliphatic heterocycles. The number of halogens is 1. The molecule has 8 nitrogen and oxygen atoms in total. The lowest BCUT2D eigenvalue weighted by atomic mass is 10.1. The smallest absolute Gasteiger partial charge is 0.269 e. The molecule has 9 heteroatoms. The van der Waals surface area contributed by atoms with Crippen molar-refractivity contribution in [1.82, 2.24) is 4.90 Å². The number of nitro groups is 1. The number of nitro benzene ring substituents is 1. The van der Waals surface area contributed by atoms with Gasteiger partial charge in [0.15, 0.2) is 0 Å². The summed E-state index contributed by atoms with van der Waals surface area (Å²) in [6.45, 7) is 2.57. The highest BCUT2D eigenvalue weighted by Gasteiger charge is 2.22. The molecule has 1 N–H and O–H groups in total. The molecule has 152 valence electrons. The average Bonchev–Trinajstić information content (AvgIpc) is 3.06. The van der Waals surface area contributed by atoms with E-state index in [9.17, 15) is 19.7 Å². The van der Waals surface area contributed by atoms with E-state index in [2.05, 4.69) is 5.32 Å². The molecule has 0 bridgehead atoms. The number of benzene rings is 2. The van der Waals surface area contributed by atoms with E-state index in [1.54, 1.807) is 22.9 Å². The lowest BCUT2D eigenvalue weighted by Gasteiger charge is -2.18. The first-order chi connectivity index (χ1) is 13.7. The summed E-state index contributed by atoms with van der Waals surface area (Å²) in [7, 11) is 1.74. The van der Waals surface area contributed by atoms with Crippen LogP contribution in [0, 0.1) is 10.1 Å². The second-order valence-electron chi connectivity index (χ2n) is 7.02. The standard InChI is InChI=1S/C20H21ClN4O4/c1-13(26)24-8-7-14-9-16(3-6-19(14)24)22-20(27)12-23(2)11-15-10-17(25(28)29)4-5-18(15)21/h3-6,9-10H,7-8,11-12H2,1-2H3,(H,22,27). The Morgan fingerprint density at radius 1 is 1.28 bits per heavy atom. The molecule has 0 fully saturated rings. The van der Waals surface area contributed by atoms with Crippen LogP contribution in [0.15, 0.2) is 36.4 Å². The van der Waals surface area contributed by atoms with Gasteiger partial charge in [-0.3, -0.25) is 24.6 Å². The van der Waals surface area contributed by atoms with Crippen molar-refractivity contribution >= 4 is 40.5 Å². The molecule has 3 rings (SSSR count). The Morgan fingerprint density at radius 3 is 2.72 bits per heavy atom. The molecule has 0 unspecified atom stereocenters. The number of carbonyl (C=O) groups excluding carboxylic acids is 2. The molecule has 2 aromatic rings. The molecule has 0 spiro atoms. The van der Waals surface area contributed by atoms with Crippen molar-refractivity contribution in [1.29, 1.82) is 0 Å². The molecule has 0 saturated heterocycles. The number of likely N-dealkylation sites (N-methyl/N-ethyl adjacent to an activating group) is 1. The van der Waals surface area contributed by atoms with E-state index in [4.69, 9.17) is 11.6 Å². The summed E-state index contributed by atoms with van der Waals surface area (Å²) >= 11 is 6.12. The fourth-order valence-electron chi connectivity index (χ4n) is 3.39. The normalized spacial score (nSPS) is 12.8. The minimum Gasteiger partial charge on any atom is -0.325 e. The monoisotopic (exact) mass is 416 g/mol. The highest BCUT2D eigenvalue weighted by Crippen LogP contribution is 2.30. The number of hydrogen-bond donors (Lipinski definition) is 1. The molecule has 1 heterocycles. The first-order valence-electron chi connectivity index (χ1n) is 9.07. The number of nitrogens with zero attached hydrogens (tertiary/aromatic N) is 3. The van der Waals surface area contributed by atoms with Crippen LogP contribution in [0.4, 0.5) is 17.1 Å². The van der Waals surface area contributed by atoms with E-state index >= 15 is 0 Å². The maximum absolute atomic E-state index is 12.4. The van der Waals surface area contributed by atoms with Crippen LogP contribution in [0.25, 0.3) is 0 Å². The van der Waals surface area contributed by atoms with E-state index in [0.29, 0.717) is 29.4 Å². The van der Waals surface area contributed by atoms with Gasteiger partial charge in [0, 0.05) is 48.5 Å². The van der Waals surface area contributed by atoms with Gasteiger partial charge in [0.2, 0.25) is 11.8 Å². The van der Waals surface area contributed by atoms with Gasteiger partial charge in [0.05, 0.1) is 11.5 Å². The zero-order chi connectivity index (χ0) is 21.1. The average molecular weight is 417 g/mol. The van der Waals surface area contributed by atoms with Crippen molar-refractivity contribution in [2.24, 2.45) is 0 Å². The Bertz CT molecular complexity index is 979. The van der Waals surface area contributed by atoms with Crippen LogP contribution in [0.5, 0.6) is 0 Å². The number of fused-ring (bicyclic) bond motifs is 1. The first-order valence-corrected chi connectivity index (χ1v) is 9.44. The Kier molecular flexibility index (Phi) is 6.14. The van der Waals surface area contributed by atoms with Crippen LogP contribution in [0.3, 0.4) is 0 Å². The summed E-state index contributed by atoms with van der Waals surface area (Å²) in [4.78, 5) is 37.9. The van der Waals surface area contributed by atoms with Crippen LogP contribution >= 0.6 is 11.6 Å². The van der Waals surface area contributed by atoms with Gasteiger partial charge in [0.1, 0.15) is 0 Å². The largest absolute Gasteiger partial charge is 0.325 e. The Balaban J connectivity index is 1.61. The van der Waals surface area contributed by atoms with Gasteiger partial charge in [-0.15, -0.1) is 0 Å². The molecule has 0 aliphatic carbocycles. The van der Waals surface area contributed by atoms with Crippen molar-refractivity contribution in [3.63, 3.8) is 0 Å². The number of rotatable bonds is 6. The SMILES string of the molecule is CC(=O)N1CCc2cc(NC(=O)CN(C)Cc3cc([N+](=O)[O-])ccc3Cl)ccc21. The van der Waals surface area contributed by atoms with E-state index in [0.717, 1.165) is 17.7 Å². The van der Waals surface area contributed by atoms with Gasteiger partial charge in [-0.2, -0.15) is 0 Å².